The number of halogens is 2. The zero-order valence-corrected chi connectivity index (χ0v) is 26.4. The number of nitrogens with one attached hydrogen (secondary N) is 1. The highest BCUT2D eigenvalue weighted by molar-refractivity contribution is 9.10. The van der Waals surface area contributed by atoms with Gasteiger partial charge in [-0.3, -0.25) is 13.9 Å². The van der Waals surface area contributed by atoms with Crippen molar-refractivity contribution in [1.82, 2.24) is 10.2 Å². The van der Waals surface area contributed by atoms with Gasteiger partial charge >= 0.3 is 0 Å². The van der Waals surface area contributed by atoms with E-state index in [1.54, 1.807) is 54.6 Å². The molecule has 218 valence electrons. The van der Waals surface area contributed by atoms with Gasteiger partial charge in [0.1, 0.15) is 12.6 Å². The minimum atomic E-state index is -4.12. The molecule has 0 aromatic heterocycles. The Morgan fingerprint density at radius 2 is 1.63 bits per heavy atom. The van der Waals surface area contributed by atoms with Crippen molar-refractivity contribution < 1.29 is 18.0 Å². The summed E-state index contributed by atoms with van der Waals surface area (Å²) >= 11 is 9.87. The third-order valence-electron chi connectivity index (χ3n) is 7.39. The van der Waals surface area contributed by atoms with Crippen LogP contribution in [0.1, 0.15) is 50.2 Å². The fraction of sp³-hybridized carbons (Fsp3) is 0.355. The minimum absolute atomic E-state index is 0.0634. The molecule has 3 aromatic rings. The minimum Gasteiger partial charge on any atom is -0.352 e. The molecule has 1 aliphatic rings. The first-order chi connectivity index (χ1) is 19.6. The zero-order valence-electron chi connectivity index (χ0n) is 23.2. The van der Waals surface area contributed by atoms with Gasteiger partial charge in [0.15, 0.2) is 0 Å². The molecular formula is C31H35BrClN3O4S. The van der Waals surface area contributed by atoms with Crippen molar-refractivity contribution >= 4 is 55.1 Å². The van der Waals surface area contributed by atoms with Crippen LogP contribution in [0.3, 0.4) is 0 Å². The molecule has 0 heterocycles. The number of anilines is 1. The van der Waals surface area contributed by atoms with Gasteiger partial charge in [-0.25, -0.2) is 8.42 Å². The molecule has 1 fully saturated rings. The fourth-order valence-electron chi connectivity index (χ4n) is 5.07. The van der Waals surface area contributed by atoms with Crippen LogP contribution in [0.15, 0.2) is 82.2 Å². The maximum atomic E-state index is 14.2. The van der Waals surface area contributed by atoms with Crippen molar-refractivity contribution in [3.05, 3.63) is 93.4 Å². The van der Waals surface area contributed by atoms with Crippen LogP contribution in [0.4, 0.5) is 5.69 Å². The lowest BCUT2D eigenvalue weighted by atomic mass is 10.1. The lowest BCUT2D eigenvalue weighted by Gasteiger charge is -2.34. The molecule has 0 saturated heterocycles. The smallest absolute Gasteiger partial charge is 0.264 e. The first kappa shape index (κ1) is 31.1. The Kier molecular flexibility index (Phi) is 10.5. The van der Waals surface area contributed by atoms with Crippen LogP contribution in [0.2, 0.25) is 5.02 Å². The Morgan fingerprint density at radius 1 is 1.00 bits per heavy atom. The molecule has 3 aromatic carbocycles. The third kappa shape index (κ3) is 7.70. The molecule has 1 atom stereocenters. The molecular weight excluding hydrogens is 626 g/mol. The van der Waals surface area contributed by atoms with Crippen LogP contribution in [-0.2, 0) is 26.2 Å². The maximum Gasteiger partial charge on any atom is 0.264 e. The number of sulfonamides is 1. The number of carbonyl (C=O) groups excluding carboxylic acids is 2. The van der Waals surface area contributed by atoms with Crippen molar-refractivity contribution in [1.29, 1.82) is 0 Å². The second kappa shape index (κ2) is 13.9. The summed E-state index contributed by atoms with van der Waals surface area (Å²) in [4.78, 5) is 29.2. The largest absolute Gasteiger partial charge is 0.352 e. The number of carbonyl (C=O) groups is 2. The summed E-state index contributed by atoms with van der Waals surface area (Å²) in [6.45, 7) is 3.30. The Balaban J connectivity index is 1.72. The van der Waals surface area contributed by atoms with Gasteiger partial charge in [-0.05, 0) is 74.2 Å². The van der Waals surface area contributed by atoms with E-state index in [-0.39, 0.29) is 23.4 Å². The monoisotopic (exact) mass is 659 g/mol. The predicted octanol–water partition coefficient (Wildman–Crippen LogP) is 6.47. The van der Waals surface area contributed by atoms with Crippen molar-refractivity contribution in [3.8, 4) is 0 Å². The number of amides is 2. The molecule has 10 heteroatoms. The molecule has 7 nitrogen and oxygen atoms in total. The summed E-state index contributed by atoms with van der Waals surface area (Å²) in [5, 5.41) is 3.58. The molecule has 4 rings (SSSR count). The van der Waals surface area contributed by atoms with Gasteiger partial charge in [0.25, 0.3) is 10.0 Å². The predicted molar refractivity (Wildman–Crippen MR) is 166 cm³/mol. The second-order valence-electron chi connectivity index (χ2n) is 10.3. The van der Waals surface area contributed by atoms with Gasteiger partial charge < -0.3 is 10.2 Å². The van der Waals surface area contributed by atoms with Crippen LogP contribution < -0.4 is 9.62 Å². The molecule has 1 N–H and O–H groups in total. The lowest BCUT2D eigenvalue weighted by molar-refractivity contribution is -0.140. The van der Waals surface area contributed by atoms with E-state index in [2.05, 4.69) is 21.2 Å². The maximum absolute atomic E-state index is 14.2. The highest BCUT2D eigenvalue weighted by Gasteiger charge is 2.34. The van der Waals surface area contributed by atoms with Crippen molar-refractivity contribution in [2.45, 2.75) is 69.5 Å². The first-order valence-electron chi connectivity index (χ1n) is 13.8. The summed E-state index contributed by atoms with van der Waals surface area (Å²) in [6.07, 6.45) is 4.29. The molecule has 1 saturated carbocycles. The number of benzene rings is 3. The molecule has 0 bridgehead atoms. The van der Waals surface area contributed by atoms with E-state index >= 15 is 0 Å². The Morgan fingerprint density at radius 3 is 2.24 bits per heavy atom. The van der Waals surface area contributed by atoms with Crippen molar-refractivity contribution in [3.63, 3.8) is 0 Å². The summed E-state index contributed by atoms with van der Waals surface area (Å²) in [7, 11) is -4.12. The van der Waals surface area contributed by atoms with Crippen LogP contribution >= 0.6 is 27.5 Å². The molecule has 0 spiro atoms. The van der Waals surface area contributed by atoms with E-state index in [0.717, 1.165) is 40.0 Å². The van der Waals surface area contributed by atoms with Gasteiger partial charge in [-0.2, -0.15) is 0 Å². The average molecular weight is 661 g/mol. The molecule has 41 heavy (non-hydrogen) atoms. The SMILES string of the molecule is CC[C@H](C(=O)NC1CCCC1)N(Cc1ccccc1Cl)C(=O)CN(c1ccc(Br)cc1)S(=O)(=O)c1ccc(C)cc1. The summed E-state index contributed by atoms with van der Waals surface area (Å²) < 4.78 is 29.8. The van der Waals surface area contributed by atoms with Gasteiger partial charge in [0.05, 0.1) is 10.6 Å². The molecule has 0 unspecified atom stereocenters. The Labute approximate surface area is 256 Å². The normalized spacial score (nSPS) is 14.4. The zero-order chi connectivity index (χ0) is 29.6. The molecule has 0 aliphatic heterocycles. The van der Waals surface area contributed by atoms with Crippen LogP contribution in [0.5, 0.6) is 0 Å². The number of aryl methyl sites for hydroxylation is 1. The highest BCUT2D eigenvalue weighted by Crippen LogP contribution is 2.27. The summed E-state index contributed by atoms with van der Waals surface area (Å²) in [5.74, 6) is -0.742. The molecule has 1 aliphatic carbocycles. The van der Waals surface area contributed by atoms with Crippen LogP contribution in [-0.4, -0.2) is 43.8 Å². The molecule has 0 radical (unpaired) electrons. The highest BCUT2D eigenvalue weighted by atomic mass is 79.9. The first-order valence-corrected chi connectivity index (χ1v) is 16.4. The van der Waals surface area contributed by atoms with Gasteiger partial charge in [0, 0.05) is 22.1 Å². The summed E-state index contributed by atoms with van der Waals surface area (Å²) in [5.41, 5.74) is 1.93. The summed E-state index contributed by atoms with van der Waals surface area (Å²) in [6, 6.07) is 19.7. The van der Waals surface area contributed by atoms with E-state index in [0.29, 0.717) is 22.7 Å². The van der Waals surface area contributed by atoms with E-state index in [1.807, 2.05) is 19.9 Å². The van der Waals surface area contributed by atoms with Crippen molar-refractivity contribution in [2.24, 2.45) is 0 Å². The average Bonchev–Trinajstić information content (AvgIpc) is 3.46. The van der Waals surface area contributed by atoms with Crippen molar-refractivity contribution in [2.75, 3.05) is 10.8 Å². The van der Waals surface area contributed by atoms with E-state index in [4.69, 9.17) is 11.6 Å². The number of hydrogen-bond donors (Lipinski definition) is 1. The van der Waals surface area contributed by atoms with Gasteiger partial charge in [0.2, 0.25) is 11.8 Å². The third-order valence-corrected chi connectivity index (χ3v) is 10.1. The number of nitrogens with zero attached hydrogens (tertiary/aromatic N) is 2. The standard InChI is InChI=1S/C31H35BrClN3O4S/c1-3-29(31(38)34-25-9-5-6-10-25)35(20-23-8-4-7-11-28(23)33)30(37)21-36(26-16-14-24(32)15-17-26)41(39,40)27-18-12-22(2)13-19-27/h4,7-8,11-19,25,29H,3,5-6,9-10,20-21H2,1-2H3,(H,34,38)/t29-/m1/s1. The van der Waals surface area contributed by atoms with Gasteiger partial charge in [-0.15, -0.1) is 0 Å². The van der Waals surface area contributed by atoms with Gasteiger partial charge in [-0.1, -0.05) is 83.2 Å². The van der Waals surface area contributed by atoms with E-state index in [1.165, 1.54) is 17.0 Å². The number of hydrogen-bond acceptors (Lipinski definition) is 4. The fourth-order valence-corrected chi connectivity index (χ4v) is 6.94. The Bertz CT molecular complexity index is 1460. The Hall–Kier alpha value is -2.88. The van der Waals surface area contributed by atoms with Crippen LogP contribution in [0.25, 0.3) is 0 Å². The molecule has 2 amide bonds. The number of rotatable bonds is 11. The van der Waals surface area contributed by atoms with Crippen LogP contribution in [0, 0.1) is 6.92 Å². The van der Waals surface area contributed by atoms with E-state index < -0.39 is 28.5 Å². The lowest BCUT2D eigenvalue weighted by Crippen LogP contribution is -2.53. The second-order valence-corrected chi connectivity index (χ2v) is 13.5. The van der Waals surface area contributed by atoms with E-state index in [9.17, 15) is 18.0 Å². The topological polar surface area (TPSA) is 86.8 Å². The quantitative estimate of drug-likeness (QED) is 0.255.